The van der Waals surface area contributed by atoms with Gasteiger partial charge >= 0.3 is 0 Å². The van der Waals surface area contributed by atoms with Crippen molar-refractivity contribution in [1.29, 1.82) is 0 Å². The molecular weight excluding hydrogens is 490 g/mol. The molecule has 2 N–H and O–H groups in total. The Morgan fingerprint density at radius 2 is 1.69 bits per heavy atom. The van der Waals surface area contributed by atoms with Gasteiger partial charge in [-0.1, -0.05) is 54.1 Å². The number of anilines is 2. The summed E-state index contributed by atoms with van der Waals surface area (Å²) in [6.07, 6.45) is 0.979. The van der Waals surface area contributed by atoms with E-state index in [9.17, 15) is 18.0 Å². The summed E-state index contributed by atoms with van der Waals surface area (Å²) in [7, 11) is -2.49. The smallest absolute Gasteiger partial charge is 0.253 e. The molecule has 3 rings (SSSR count). The number of halogens is 1. The van der Waals surface area contributed by atoms with Crippen LogP contribution in [0.25, 0.3) is 0 Å². The third-order valence-electron chi connectivity index (χ3n) is 5.19. The van der Waals surface area contributed by atoms with Gasteiger partial charge in [0.15, 0.2) is 0 Å². The van der Waals surface area contributed by atoms with Crippen LogP contribution in [0, 0.1) is 0 Å². The summed E-state index contributed by atoms with van der Waals surface area (Å²) in [5.74, 6) is -0.787. The van der Waals surface area contributed by atoms with Crippen LogP contribution in [0.2, 0.25) is 5.02 Å². The van der Waals surface area contributed by atoms with Crippen LogP contribution < -0.4 is 19.7 Å². The molecule has 1 atom stereocenters. The van der Waals surface area contributed by atoms with E-state index < -0.39 is 22.5 Å². The van der Waals surface area contributed by atoms with Crippen molar-refractivity contribution in [2.75, 3.05) is 29.5 Å². The van der Waals surface area contributed by atoms with Crippen molar-refractivity contribution in [3.63, 3.8) is 0 Å². The third-order valence-corrected chi connectivity index (χ3v) is 6.55. The maximum Gasteiger partial charge on any atom is 0.253 e. The highest BCUT2D eigenvalue weighted by Gasteiger charge is 2.25. The Balaban J connectivity index is 1.81. The Labute approximate surface area is 209 Å². The van der Waals surface area contributed by atoms with Crippen molar-refractivity contribution in [1.82, 2.24) is 5.32 Å². The van der Waals surface area contributed by atoms with E-state index in [1.54, 1.807) is 30.3 Å². The summed E-state index contributed by atoms with van der Waals surface area (Å²) < 4.78 is 31.2. The number of hydrogen-bond acceptors (Lipinski definition) is 5. The highest BCUT2D eigenvalue weighted by Crippen LogP contribution is 2.32. The molecule has 3 aromatic carbocycles. The molecule has 0 heterocycles. The number of nitrogens with one attached hydrogen (secondary N) is 2. The quantitative estimate of drug-likeness (QED) is 0.443. The van der Waals surface area contributed by atoms with Gasteiger partial charge in [0.1, 0.15) is 12.3 Å². The van der Waals surface area contributed by atoms with Gasteiger partial charge in [-0.05, 0) is 42.8 Å². The van der Waals surface area contributed by atoms with Gasteiger partial charge in [0, 0.05) is 5.02 Å². The molecule has 10 heteroatoms. The van der Waals surface area contributed by atoms with Crippen molar-refractivity contribution >= 4 is 44.8 Å². The molecule has 3 aromatic rings. The summed E-state index contributed by atoms with van der Waals surface area (Å²) in [5.41, 5.74) is 1.55. The number of methoxy groups -OCH3 is 1. The molecule has 0 aliphatic rings. The topological polar surface area (TPSA) is 105 Å². The third kappa shape index (κ3) is 6.74. The van der Waals surface area contributed by atoms with E-state index in [2.05, 4.69) is 10.6 Å². The van der Waals surface area contributed by atoms with Gasteiger partial charge in [0.2, 0.25) is 15.9 Å². The first-order valence-electron chi connectivity index (χ1n) is 10.7. The summed E-state index contributed by atoms with van der Waals surface area (Å²) in [5, 5.41) is 5.84. The monoisotopic (exact) mass is 515 g/mol. The van der Waals surface area contributed by atoms with Gasteiger partial charge in [-0.2, -0.15) is 0 Å². The lowest BCUT2D eigenvalue weighted by Crippen LogP contribution is -2.38. The second-order valence-corrected chi connectivity index (χ2v) is 10.1. The number of amides is 2. The van der Waals surface area contributed by atoms with E-state index in [1.807, 2.05) is 37.3 Å². The molecule has 0 spiro atoms. The number of carbonyl (C=O) groups excluding carboxylic acids is 2. The number of hydrogen-bond donors (Lipinski definition) is 2. The molecule has 8 nitrogen and oxygen atoms in total. The Morgan fingerprint density at radius 1 is 1.03 bits per heavy atom. The van der Waals surface area contributed by atoms with Crippen LogP contribution in [0.1, 0.15) is 28.9 Å². The minimum Gasteiger partial charge on any atom is -0.495 e. The second-order valence-electron chi connectivity index (χ2n) is 7.79. The zero-order valence-electron chi connectivity index (χ0n) is 19.5. The maximum absolute atomic E-state index is 13.0. The summed E-state index contributed by atoms with van der Waals surface area (Å²) in [4.78, 5) is 25.9. The van der Waals surface area contributed by atoms with Gasteiger partial charge in [0.25, 0.3) is 5.91 Å². The average molecular weight is 516 g/mol. The Kier molecular flexibility index (Phi) is 8.37. The fraction of sp³-hybridized carbons (Fsp3) is 0.200. The van der Waals surface area contributed by atoms with Crippen LogP contribution in [0.3, 0.4) is 0 Å². The van der Waals surface area contributed by atoms with E-state index in [0.717, 1.165) is 16.1 Å². The fourth-order valence-corrected chi connectivity index (χ4v) is 4.47. The van der Waals surface area contributed by atoms with E-state index in [0.29, 0.717) is 0 Å². The highest BCUT2D eigenvalue weighted by atomic mass is 35.5. The van der Waals surface area contributed by atoms with Gasteiger partial charge in [-0.25, -0.2) is 8.42 Å². The van der Waals surface area contributed by atoms with Crippen molar-refractivity contribution in [3.8, 4) is 5.75 Å². The number of para-hydroxylation sites is 1. The van der Waals surface area contributed by atoms with Crippen LogP contribution in [0.4, 0.5) is 11.4 Å². The standard InChI is InChI=1S/C25H26ClN3O5S/c1-17(18-9-5-4-6-10-18)27-25(31)20-11-7-8-12-21(20)28-24(30)16-29(35(3,32)33)22-15-19(26)13-14-23(22)34-2/h4-15,17H,16H2,1-3H3,(H,27,31)(H,28,30)/t17-/m0/s1. The van der Waals surface area contributed by atoms with Crippen LogP contribution in [0.15, 0.2) is 72.8 Å². The zero-order chi connectivity index (χ0) is 25.6. The molecule has 184 valence electrons. The minimum absolute atomic E-state index is 0.125. The molecule has 35 heavy (non-hydrogen) atoms. The number of ether oxygens (including phenoxy) is 1. The lowest BCUT2D eigenvalue weighted by Gasteiger charge is -2.24. The van der Waals surface area contributed by atoms with Crippen molar-refractivity contribution in [2.45, 2.75) is 13.0 Å². The molecular formula is C25H26ClN3O5S. The number of rotatable bonds is 9. The van der Waals surface area contributed by atoms with E-state index in [-0.39, 0.29) is 39.7 Å². The van der Waals surface area contributed by atoms with E-state index in [1.165, 1.54) is 19.2 Å². The first kappa shape index (κ1) is 26.1. The van der Waals surface area contributed by atoms with Crippen LogP contribution in [-0.2, 0) is 14.8 Å². The molecule has 0 saturated carbocycles. The fourth-order valence-electron chi connectivity index (χ4n) is 3.45. The Hall–Kier alpha value is -3.56. The first-order chi connectivity index (χ1) is 16.6. The lowest BCUT2D eigenvalue weighted by atomic mass is 10.1. The molecule has 0 aliphatic heterocycles. The predicted octanol–water partition coefficient (Wildman–Crippen LogP) is 4.24. The number of benzene rings is 3. The van der Waals surface area contributed by atoms with Crippen molar-refractivity contribution < 1.29 is 22.7 Å². The Morgan fingerprint density at radius 3 is 2.34 bits per heavy atom. The molecule has 0 saturated heterocycles. The average Bonchev–Trinajstić information content (AvgIpc) is 2.82. The number of sulfonamides is 1. The maximum atomic E-state index is 13.0. The molecule has 0 fully saturated rings. The van der Waals surface area contributed by atoms with Gasteiger partial charge in [-0.3, -0.25) is 13.9 Å². The SMILES string of the molecule is COc1ccc(Cl)cc1N(CC(=O)Nc1ccccc1C(=O)N[C@@H](C)c1ccccc1)S(C)(=O)=O. The summed E-state index contributed by atoms with van der Waals surface area (Å²) >= 11 is 6.05. The van der Waals surface area contributed by atoms with Crippen molar-refractivity contribution in [2.24, 2.45) is 0 Å². The summed E-state index contributed by atoms with van der Waals surface area (Å²) in [6, 6.07) is 20.2. The van der Waals surface area contributed by atoms with Crippen LogP contribution in [-0.4, -0.2) is 40.1 Å². The Bertz CT molecular complexity index is 1320. The van der Waals surface area contributed by atoms with Gasteiger partial charge < -0.3 is 15.4 Å². The molecule has 0 aliphatic carbocycles. The van der Waals surface area contributed by atoms with Gasteiger partial charge in [-0.15, -0.1) is 0 Å². The molecule has 0 radical (unpaired) electrons. The molecule has 0 unspecified atom stereocenters. The number of carbonyl (C=O) groups is 2. The largest absolute Gasteiger partial charge is 0.495 e. The first-order valence-corrected chi connectivity index (χ1v) is 12.9. The zero-order valence-corrected chi connectivity index (χ0v) is 21.1. The second kappa shape index (κ2) is 11.2. The normalized spacial score (nSPS) is 11.9. The minimum atomic E-state index is -3.87. The molecule has 0 bridgehead atoms. The molecule has 0 aromatic heterocycles. The van der Waals surface area contributed by atoms with E-state index in [4.69, 9.17) is 16.3 Å². The predicted molar refractivity (Wildman–Crippen MR) is 138 cm³/mol. The van der Waals surface area contributed by atoms with Crippen LogP contribution in [0.5, 0.6) is 5.75 Å². The lowest BCUT2D eigenvalue weighted by molar-refractivity contribution is -0.114. The number of nitrogens with zero attached hydrogens (tertiary/aromatic N) is 1. The van der Waals surface area contributed by atoms with E-state index >= 15 is 0 Å². The van der Waals surface area contributed by atoms with Gasteiger partial charge in [0.05, 0.1) is 36.3 Å². The highest BCUT2D eigenvalue weighted by molar-refractivity contribution is 7.92. The van der Waals surface area contributed by atoms with Crippen molar-refractivity contribution in [3.05, 3.63) is 88.9 Å². The summed E-state index contributed by atoms with van der Waals surface area (Å²) in [6.45, 7) is 1.31. The molecule has 2 amide bonds. The van der Waals surface area contributed by atoms with Crippen LogP contribution >= 0.6 is 11.6 Å².